The quantitative estimate of drug-likeness (QED) is 0.838. The lowest BCUT2D eigenvalue weighted by molar-refractivity contribution is 0.152. The molecule has 1 atom stereocenters. The van der Waals surface area contributed by atoms with Crippen LogP contribution in [0.5, 0.6) is 0 Å². The third-order valence-electron chi connectivity index (χ3n) is 3.60. The Morgan fingerprint density at radius 2 is 1.62 bits per heavy atom. The molecule has 21 heavy (non-hydrogen) atoms. The van der Waals surface area contributed by atoms with E-state index >= 15 is 0 Å². The molecule has 0 aliphatic rings. The van der Waals surface area contributed by atoms with Gasteiger partial charge in [0, 0.05) is 6.54 Å². The van der Waals surface area contributed by atoms with Crippen LogP contribution in [0.3, 0.4) is 0 Å². The molecule has 1 N–H and O–H groups in total. The second-order valence-electron chi connectivity index (χ2n) is 5.07. The second kappa shape index (κ2) is 8.40. The van der Waals surface area contributed by atoms with E-state index in [1.165, 1.54) is 5.56 Å². The van der Waals surface area contributed by atoms with Crippen molar-refractivity contribution in [2.75, 3.05) is 13.2 Å². The van der Waals surface area contributed by atoms with Gasteiger partial charge in [-0.25, -0.2) is 0 Å². The smallest absolute Gasteiger partial charge is 0.0622 e. The Kier molecular flexibility index (Phi) is 6.20. The van der Waals surface area contributed by atoms with Crippen molar-refractivity contribution >= 4 is 6.08 Å². The fourth-order valence-corrected chi connectivity index (χ4v) is 2.37. The Bertz CT molecular complexity index is 536. The molecule has 0 saturated heterocycles. The Hall–Kier alpha value is -1.90. The predicted molar refractivity (Wildman–Crippen MR) is 88.9 cm³/mol. The van der Waals surface area contributed by atoms with Crippen molar-refractivity contribution in [2.24, 2.45) is 0 Å². The maximum absolute atomic E-state index is 9.69. The van der Waals surface area contributed by atoms with Crippen LogP contribution in [0.2, 0.25) is 0 Å². The first-order valence-electron chi connectivity index (χ1n) is 7.45. The van der Waals surface area contributed by atoms with Gasteiger partial charge >= 0.3 is 0 Å². The van der Waals surface area contributed by atoms with Gasteiger partial charge in [-0.2, -0.15) is 0 Å². The lowest BCUT2D eigenvalue weighted by Crippen LogP contribution is -2.35. The van der Waals surface area contributed by atoms with E-state index in [-0.39, 0.29) is 12.6 Å². The number of benzene rings is 2. The number of aliphatic hydroxyl groups is 1. The van der Waals surface area contributed by atoms with Gasteiger partial charge in [0.15, 0.2) is 0 Å². The van der Waals surface area contributed by atoms with Crippen LogP contribution in [0.4, 0.5) is 0 Å². The molecule has 0 heterocycles. The Balaban J connectivity index is 2.05. The van der Waals surface area contributed by atoms with Gasteiger partial charge in [-0.05, 0) is 17.7 Å². The van der Waals surface area contributed by atoms with E-state index in [1.54, 1.807) is 0 Å². The van der Waals surface area contributed by atoms with Crippen LogP contribution < -0.4 is 0 Å². The van der Waals surface area contributed by atoms with Gasteiger partial charge in [-0.15, -0.1) is 0 Å². The topological polar surface area (TPSA) is 23.5 Å². The van der Waals surface area contributed by atoms with Crippen LogP contribution in [0.15, 0.2) is 66.7 Å². The van der Waals surface area contributed by atoms with E-state index in [4.69, 9.17) is 0 Å². The molecular weight excluding hydrogens is 258 g/mol. The zero-order valence-corrected chi connectivity index (χ0v) is 12.5. The van der Waals surface area contributed by atoms with E-state index in [0.717, 1.165) is 18.7 Å². The second-order valence-corrected chi connectivity index (χ2v) is 5.07. The van der Waals surface area contributed by atoms with Crippen molar-refractivity contribution in [2.45, 2.75) is 19.5 Å². The molecule has 0 radical (unpaired) electrons. The molecular formula is C19H23NO. The van der Waals surface area contributed by atoms with Crippen molar-refractivity contribution in [3.63, 3.8) is 0 Å². The normalized spacial score (nSPS) is 12.9. The third kappa shape index (κ3) is 4.85. The number of rotatable bonds is 7. The maximum Gasteiger partial charge on any atom is 0.0622 e. The van der Waals surface area contributed by atoms with Crippen LogP contribution in [0, 0.1) is 0 Å². The number of nitrogens with zero attached hydrogens (tertiary/aromatic N) is 1. The molecule has 110 valence electrons. The lowest BCUT2D eigenvalue weighted by Gasteiger charge is -2.27. The average molecular weight is 281 g/mol. The number of hydrogen-bond acceptors (Lipinski definition) is 2. The number of likely N-dealkylation sites (N-methyl/N-ethyl adjacent to an activating group) is 1. The molecule has 0 aliphatic carbocycles. The van der Waals surface area contributed by atoms with Gasteiger partial charge in [0.2, 0.25) is 0 Å². The predicted octanol–water partition coefficient (Wildman–Crippen LogP) is 3.58. The summed E-state index contributed by atoms with van der Waals surface area (Å²) < 4.78 is 0. The summed E-state index contributed by atoms with van der Waals surface area (Å²) in [4.78, 5) is 2.27. The van der Waals surface area contributed by atoms with E-state index in [9.17, 15) is 5.11 Å². The van der Waals surface area contributed by atoms with Gasteiger partial charge in [0.25, 0.3) is 0 Å². The molecule has 0 amide bonds. The highest BCUT2D eigenvalue weighted by Crippen LogP contribution is 2.11. The zero-order valence-electron chi connectivity index (χ0n) is 12.5. The van der Waals surface area contributed by atoms with E-state index < -0.39 is 0 Å². The van der Waals surface area contributed by atoms with Gasteiger partial charge < -0.3 is 5.11 Å². The number of hydrogen-bond donors (Lipinski definition) is 1. The largest absolute Gasteiger partial charge is 0.394 e. The first-order chi connectivity index (χ1) is 10.3. The highest BCUT2D eigenvalue weighted by atomic mass is 16.3. The molecule has 0 saturated carbocycles. The molecule has 2 nitrogen and oxygen atoms in total. The summed E-state index contributed by atoms with van der Waals surface area (Å²) in [5, 5.41) is 9.69. The molecule has 1 unspecified atom stereocenters. The summed E-state index contributed by atoms with van der Waals surface area (Å²) in [6.45, 7) is 4.01. The number of aliphatic hydroxyl groups excluding tert-OH is 1. The van der Waals surface area contributed by atoms with Crippen LogP contribution in [0.25, 0.3) is 6.08 Å². The lowest BCUT2D eigenvalue weighted by atomic mass is 10.1. The Labute approximate surface area is 127 Å². The monoisotopic (exact) mass is 281 g/mol. The molecule has 0 aliphatic heterocycles. The zero-order chi connectivity index (χ0) is 14.9. The summed E-state index contributed by atoms with van der Waals surface area (Å²) in [7, 11) is 0. The van der Waals surface area contributed by atoms with Gasteiger partial charge in [-0.1, -0.05) is 79.7 Å². The Morgan fingerprint density at radius 1 is 1.00 bits per heavy atom. The molecule has 0 aromatic heterocycles. The minimum absolute atomic E-state index is 0.0374. The van der Waals surface area contributed by atoms with Gasteiger partial charge in [0.1, 0.15) is 0 Å². The summed E-state index contributed by atoms with van der Waals surface area (Å²) >= 11 is 0. The van der Waals surface area contributed by atoms with Crippen LogP contribution in [0.1, 0.15) is 18.1 Å². The van der Waals surface area contributed by atoms with Crippen molar-refractivity contribution in [1.82, 2.24) is 4.90 Å². The molecule has 2 rings (SSSR count). The minimum Gasteiger partial charge on any atom is -0.394 e. The molecule has 0 bridgehead atoms. The summed E-state index contributed by atoms with van der Waals surface area (Å²) in [5.74, 6) is 0. The van der Waals surface area contributed by atoms with E-state index in [1.807, 2.05) is 24.3 Å². The van der Waals surface area contributed by atoms with Crippen LogP contribution >= 0.6 is 0 Å². The van der Waals surface area contributed by atoms with Crippen molar-refractivity contribution in [3.8, 4) is 0 Å². The highest BCUT2D eigenvalue weighted by molar-refractivity contribution is 5.49. The third-order valence-corrected chi connectivity index (χ3v) is 3.60. The van der Waals surface area contributed by atoms with Crippen molar-refractivity contribution in [1.29, 1.82) is 0 Å². The van der Waals surface area contributed by atoms with E-state index in [2.05, 4.69) is 60.4 Å². The molecule has 0 fully saturated rings. The standard InChI is InChI=1S/C19H23NO/c1-2-20(15-18-11-7-4-8-12-18)19(16-21)14-13-17-9-5-3-6-10-17/h3-14,19,21H,2,15-16H2,1H3/b14-13+. The first-order valence-corrected chi connectivity index (χ1v) is 7.45. The fraction of sp³-hybridized carbons (Fsp3) is 0.263. The summed E-state index contributed by atoms with van der Waals surface area (Å²) in [6, 6.07) is 20.6. The summed E-state index contributed by atoms with van der Waals surface area (Å²) in [6.07, 6.45) is 4.16. The van der Waals surface area contributed by atoms with Gasteiger partial charge in [-0.3, -0.25) is 4.90 Å². The molecule has 2 aromatic rings. The first kappa shape index (κ1) is 15.5. The molecule has 2 heteroatoms. The minimum atomic E-state index is 0.0374. The fourth-order valence-electron chi connectivity index (χ4n) is 2.37. The molecule has 0 spiro atoms. The van der Waals surface area contributed by atoms with Crippen LogP contribution in [-0.2, 0) is 6.54 Å². The molecule has 2 aromatic carbocycles. The van der Waals surface area contributed by atoms with E-state index in [0.29, 0.717) is 0 Å². The maximum atomic E-state index is 9.69. The Morgan fingerprint density at radius 3 is 2.19 bits per heavy atom. The van der Waals surface area contributed by atoms with Crippen molar-refractivity contribution in [3.05, 3.63) is 77.9 Å². The summed E-state index contributed by atoms with van der Waals surface area (Å²) in [5.41, 5.74) is 2.43. The average Bonchev–Trinajstić information content (AvgIpc) is 2.56. The van der Waals surface area contributed by atoms with Crippen molar-refractivity contribution < 1.29 is 5.11 Å². The van der Waals surface area contributed by atoms with Gasteiger partial charge in [0.05, 0.1) is 12.6 Å². The SMILES string of the molecule is CCN(Cc1ccccc1)C(/C=C/c1ccccc1)CO. The highest BCUT2D eigenvalue weighted by Gasteiger charge is 2.13. The van der Waals surface area contributed by atoms with Crippen LogP contribution in [-0.4, -0.2) is 29.2 Å².